The SMILES string of the molecule is CCC(C)n1nccc1NC(=O)Cc1cc(OC)c(OC)c(OC)c1. The molecule has 7 nitrogen and oxygen atoms in total. The number of aromatic nitrogens is 2. The summed E-state index contributed by atoms with van der Waals surface area (Å²) in [6, 6.07) is 5.55. The highest BCUT2D eigenvalue weighted by Gasteiger charge is 2.16. The van der Waals surface area contributed by atoms with E-state index in [-0.39, 0.29) is 18.4 Å². The average Bonchev–Trinajstić information content (AvgIpc) is 3.07. The van der Waals surface area contributed by atoms with E-state index in [1.807, 2.05) is 4.68 Å². The molecule has 2 rings (SSSR count). The molecule has 0 radical (unpaired) electrons. The number of nitrogens with zero attached hydrogens (tertiary/aromatic N) is 2. The summed E-state index contributed by atoms with van der Waals surface area (Å²) in [4.78, 5) is 12.4. The van der Waals surface area contributed by atoms with Gasteiger partial charge >= 0.3 is 0 Å². The highest BCUT2D eigenvalue weighted by molar-refractivity contribution is 5.91. The van der Waals surface area contributed by atoms with E-state index in [2.05, 4.69) is 24.3 Å². The van der Waals surface area contributed by atoms with Gasteiger partial charge in [0.1, 0.15) is 5.82 Å². The molecule has 0 aliphatic carbocycles. The number of hydrogen-bond donors (Lipinski definition) is 1. The maximum Gasteiger partial charge on any atom is 0.229 e. The van der Waals surface area contributed by atoms with Gasteiger partial charge in [-0.25, -0.2) is 4.68 Å². The zero-order valence-corrected chi connectivity index (χ0v) is 15.3. The van der Waals surface area contributed by atoms with Gasteiger partial charge in [-0.1, -0.05) is 6.92 Å². The standard InChI is InChI=1S/C18H25N3O4/c1-6-12(2)21-16(7-8-19-21)20-17(22)11-13-9-14(23-3)18(25-5)15(10-13)24-4/h7-10,12H,6,11H2,1-5H3,(H,20,22). The number of nitrogens with one attached hydrogen (secondary N) is 1. The molecule has 2 aromatic rings. The summed E-state index contributed by atoms with van der Waals surface area (Å²) in [5.41, 5.74) is 0.765. The molecule has 0 aliphatic rings. The number of carbonyl (C=O) groups is 1. The van der Waals surface area contributed by atoms with E-state index in [4.69, 9.17) is 14.2 Å². The Balaban J connectivity index is 2.17. The predicted molar refractivity (Wildman–Crippen MR) is 95.7 cm³/mol. The Bertz CT molecular complexity index is 702. The van der Waals surface area contributed by atoms with Crippen LogP contribution in [0, 0.1) is 0 Å². The molecule has 25 heavy (non-hydrogen) atoms. The predicted octanol–water partition coefficient (Wildman–Crippen LogP) is 3.06. The van der Waals surface area contributed by atoms with Crippen molar-refractivity contribution in [2.75, 3.05) is 26.6 Å². The molecule has 136 valence electrons. The minimum Gasteiger partial charge on any atom is -0.493 e. The summed E-state index contributed by atoms with van der Waals surface area (Å²) in [6.07, 6.45) is 2.79. The maximum atomic E-state index is 12.4. The molecule has 1 heterocycles. The number of carbonyl (C=O) groups excluding carboxylic acids is 1. The van der Waals surface area contributed by atoms with Gasteiger partial charge in [0.2, 0.25) is 11.7 Å². The number of ether oxygens (including phenoxy) is 3. The number of hydrogen-bond acceptors (Lipinski definition) is 5. The molecule has 1 aromatic carbocycles. The topological polar surface area (TPSA) is 74.6 Å². The highest BCUT2D eigenvalue weighted by Crippen LogP contribution is 2.38. The van der Waals surface area contributed by atoms with Gasteiger partial charge in [0.15, 0.2) is 11.5 Å². The minimum absolute atomic E-state index is 0.140. The van der Waals surface area contributed by atoms with Crippen LogP contribution in [0.5, 0.6) is 17.2 Å². The number of anilines is 1. The van der Waals surface area contributed by atoms with E-state index in [0.29, 0.717) is 23.1 Å². The first kappa shape index (κ1) is 18.6. The molecule has 0 bridgehead atoms. The number of amides is 1. The lowest BCUT2D eigenvalue weighted by Gasteiger charge is -2.15. The van der Waals surface area contributed by atoms with Crippen molar-refractivity contribution < 1.29 is 19.0 Å². The second kappa shape index (κ2) is 8.41. The summed E-state index contributed by atoms with van der Waals surface area (Å²) in [5.74, 6) is 2.10. The third-order valence-electron chi connectivity index (χ3n) is 4.04. The van der Waals surface area contributed by atoms with Gasteiger partial charge in [0.05, 0.1) is 40.0 Å². The van der Waals surface area contributed by atoms with Crippen LogP contribution in [0.15, 0.2) is 24.4 Å². The second-order valence-electron chi connectivity index (χ2n) is 5.68. The molecule has 1 N–H and O–H groups in total. The lowest BCUT2D eigenvalue weighted by molar-refractivity contribution is -0.115. The van der Waals surface area contributed by atoms with Crippen LogP contribution in [0.25, 0.3) is 0 Å². The van der Waals surface area contributed by atoms with Crippen LogP contribution in [0.3, 0.4) is 0 Å². The zero-order chi connectivity index (χ0) is 18.4. The summed E-state index contributed by atoms with van der Waals surface area (Å²) < 4.78 is 17.8. The number of rotatable bonds is 8. The first-order valence-electron chi connectivity index (χ1n) is 8.16. The molecule has 7 heteroatoms. The molecule has 1 unspecified atom stereocenters. The Hall–Kier alpha value is -2.70. The van der Waals surface area contributed by atoms with Gasteiger partial charge < -0.3 is 19.5 Å². The van der Waals surface area contributed by atoms with Gasteiger partial charge in [-0.3, -0.25) is 4.79 Å². The van der Waals surface area contributed by atoms with E-state index < -0.39 is 0 Å². The van der Waals surface area contributed by atoms with Crippen LogP contribution < -0.4 is 19.5 Å². The molecule has 1 aromatic heterocycles. The fourth-order valence-corrected chi connectivity index (χ4v) is 2.55. The monoisotopic (exact) mass is 347 g/mol. The highest BCUT2D eigenvalue weighted by atomic mass is 16.5. The molecule has 0 saturated heterocycles. The second-order valence-corrected chi connectivity index (χ2v) is 5.68. The summed E-state index contributed by atoms with van der Waals surface area (Å²) >= 11 is 0. The molecule has 0 fully saturated rings. The third kappa shape index (κ3) is 4.23. The van der Waals surface area contributed by atoms with Gasteiger partial charge in [-0.2, -0.15) is 5.10 Å². The van der Waals surface area contributed by atoms with Gasteiger partial charge in [-0.15, -0.1) is 0 Å². The van der Waals surface area contributed by atoms with Crippen LogP contribution >= 0.6 is 0 Å². The number of methoxy groups -OCH3 is 3. The van der Waals surface area contributed by atoms with Gasteiger partial charge in [0, 0.05) is 6.07 Å². The van der Waals surface area contributed by atoms with Crippen molar-refractivity contribution in [2.24, 2.45) is 0 Å². The van der Waals surface area contributed by atoms with E-state index in [1.54, 1.807) is 45.7 Å². The van der Waals surface area contributed by atoms with Crippen molar-refractivity contribution in [2.45, 2.75) is 32.7 Å². The fraction of sp³-hybridized carbons (Fsp3) is 0.444. The van der Waals surface area contributed by atoms with Crippen molar-refractivity contribution in [1.29, 1.82) is 0 Å². The van der Waals surface area contributed by atoms with E-state index in [0.717, 1.165) is 12.0 Å². The van der Waals surface area contributed by atoms with Crippen molar-refractivity contribution in [1.82, 2.24) is 9.78 Å². The Kier molecular flexibility index (Phi) is 6.27. The minimum atomic E-state index is -0.140. The van der Waals surface area contributed by atoms with Crippen LogP contribution in [-0.4, -0.2) is 37.0 Å². The molecular weight excluding hydrogens is 322 g/mol. The van der Waals surface area contributed by atoms with Crippen molar-refractivity contribution >= 4 is 11.7 Å². The van der Waals surface area contributed by atoms with Gasteiger partial charge in [0.25, 0.3) is 0 Å². The largest absolute Gasteiger partial charge is 0.493 e. The van der Waals surface area contributed by atoms with E-state index in [1.165, 1.54) is 0 Å². The zero-order valence-electron chi connectivity index (χ0n) is 15.3. The van der Waals surface area contributed by atoms with E-state index in [9.17, 15) is 4.79 Å². The Morgan fingerprint density at radius 2 is 1.84 bits per heavy atom. The first-order chi connectivity index (χ1) is 12.0. The van der Waals surface area contributed by atoms with Crippen LogP contribution in [0.4, 0.5) is 5.82 Å². The Morgan fingerprint density at radius 3 is 2.36 bits per heavy atom. The maximum absolute atomic E-state index is 12.4. The van der Waals surface area contributed by atoms with Gasteiger partial charge in [-0.05, 0) is 31.0 Å². The van der Waals surface area contributed by atoms with Crippen molar-refractivity contribution in [3.8, 4) is 17.2 Å². The average molecular weight is 347 g/mol. The van der Waals surface area contributed by atoms with Crippen LogP contribution in [-0.2, 0) is 11.2 Å². The summed E-state index contributed by atoms with van der Waals surface area (Å²) in [5, 5.41) is 7.18. The lowest BCUT2D eigenvalue weighted by atomic mass is 10.1. The fourth-order valence-electron chi connectivity index (χ4n) is 2.55. The number of benzene rings is 1. The van der Waals surface area contributed by atoms with Crippen LogP contribution in [0.2, 0.25) is 0 Å². The Morgan fingerprint density at radius 1 is 1.20 bits per heavy atom. The Labute approximate surface area is 147 Å². The summed E-state index contributed by atoms with van der Waals surface area (Å²) in [6.45, 7) is 4.13. The molecular formula is C18H25N3O4. The molecule has 0 spiro atoms. The molecule has 0 saturated carbocycles. The molecule has 0 aliphatic heterocycles. The normalized spacial score (nSPS) is 11.7. The van der Waals surface area contributed by atoms with Crippen molar-refractivity contribution in [3.05, 3.63) is 30.0 Å². The smallest absolute Gasteiger partial charge is 0.229 e. The third-order valence-corrected chi connectivity index (χ3v) is 4.04. The van der Waals surface area contributed by atoms with E-state index >= 15 is 0 Å². The quantitative estimate of drug-likeness (QED) is 0.794. The summed E-state index contributed by atoms with van der Waals surface area (Å²) in [7, 11) is 4.64. The lowest BCUT2D eigenvalue weighted by Crippen LogP contribution is -2.19. The first-order valence-corrected chi connectivity index (χ1v) is 8.16. The molecule has 1 atom stereocenters. The van der Waals surface area contributed by atoms with Crippen molar-refractivity contribution in [3.63, 3.8) is 0 Å². The van der Waals surface area contributed by atoms with Crippen LogP contribution in [0.1, 0.15) is 31.9 Å². The molecule has 1 amide bonds.